The maximum atomic E-state index is 13.4. The van der Waals surface area contributed by atoms with Crippen LogP contribution in [0.2, 0.25) is 0 Å². The summed E-state index contributed by atoms with van der Waals surface area (Å²) in [5.74, 6) is -0.287. The summed E-state index contributed by atoms with van der Waals surface area (Å²) < 4.78 is 16.0. The third-order valence-corrected chi connectivity index (χ3v) is 4.06. The van der Waals surface area contributed by atoms with Gasteiger partial charge in [0.2, 0.25) is 0 Å². The van der Waals surface area contributed by atoms with E-state index in [9.17, 15) is 9.18 Å². The number of hydrogen-bond donors (Lipinski definition) is 1. The van der Waals surface area contributed by atoms with E-state index in [0.29, 0.717) is 16.9 Å². The fourth-order valence-corrected chi connectivity index (χ4v) is 2.80. The second-order valence-corrected chi connectivity index (χ2v) is 6.39. The average molecular weight is 388 g/mol. The van der Waals surface area contributed by atoms with Crippen molar-refractivity contribution in [1.82, 2.24) is 9.78 Å². The largest absolute Gasteiger partial charge is 0.306 e. The highest BCUT2D eigenvalue weighted by atomic mass is 79.9. The molecule has 0 aliphatic carbocycles. The molecule has 3 aromatic rings. The van der Waals surface area contributed by atoms with E-state index in [0.717, 1.165) is 15.9 Å². The minimum Gasteiger partial charge on any atom is -0.306 e. The summed E-state index contributed by atoms with van der Waals surface area (Å²) in [4.78, 5) is 12.5. The summed E-state index contributed by atoms with van der Waals surface area (Å²) in [6.45, 7) is 3.61. The molecule has 1 aromatic heterocycles. The van der Waals surface area contributed by atoms with Crippen molar-refractivity contribution in [3.05, 3.63) is 75.6 Å². The zero-order valence-corrected chi connectivity index (χ0v) is 14.8. The quantitative estimate of drug-likeness (QED) is 0.711. The molecule has 0 saturated carbocycles. The van der Waals surface area contributed by atoms with E-state index in [1.54, 1.807) is 23.7 Å². The molecule has 0 fully saturated rings. The van der Waals surface area contributed by atoms with Crippen LogP contribution in [0.25, 0.3) is 5.69 Å². The number of aromatic nitrogens is 2. The van der Waals surface area contributed by atoms with E-state index in [-0.39, 0.29) is 5.91 Å². The molecule has 1 heterocycles. The Morgan fingerprint density at radius 2 is 1.96 bits per heavy atom. The van der Waals surface area contributed by atoms with Crippen LogP contribution in [0.1, 0.15) is 21.6 Å². The number of rotatable bonds is 3. The number of amides is 1. The molecule has 1 N–H and O–H groups in total. The van der Waals surface area contributed by atoms with Crippen molar-refractivity contribution in [1.29, 1.82) is 0 Å². The van der Waals surface area contributed by atoms with Gasteiger partial charge in [-0.2, -0.15) is 5.10 Å². The Balaban J connectivity index is 1.96. The lowest BCUT2D eigenvalue weighted by Gasteiger charge is -2.10. The van der Waals surface area contributed by atoms with Gasteiger partial charge in [-0.15, -0.1) is 0 Å². The minimum atomic E-state index is -0.442. The molecular weight excluding hydrogens is 373 g/mol. The van der Waals surface area contributed by atoms with E-state index in [4.69, 9.17) is 0 Å². The standard InChI is InChI=1S/C18H15BrFN3O/c1-11-6-7-14(20)10-16(11)18(24)21-17-8-12(2)22-23(17)15-5-3-4-13(19)9-15/h3-10H,1-2H3,(H,21,24). The first-order chi connectivity index (χ1) is 11.4. The summed E-state index contributed by atoms with van der Waals surface area (Å²) in [5, 5.41) is 7.23. The molecule has 0 spiro atoms. The molecule has 122 valence electrons. The Labute approximate surface area is 147 Å². The lowest BCUT2D eigenvalue weighted by Crippen LogP contribution is -2.16. The molecule has 0 unspecified atom stereocenters. The number of benzene rings is 2. The third-order valence-electron chi connectivity index (χ3n) is 3.57. The number of nitrogens with one attached hydrogen (secondary N) is 1. The Kier molecular flexibility index (Phi) is 4.49. The molecular formula is C18H15BrFN3O. The van der Waals surface area contributed by atoms with Gasteiger partial charge in [-0.25, -0.2) is 9.07 Å². The highest BCUT2D eigenvalue weighted by molar-refractivity contribution is 9.10. The second kappa shape index (κ2) is 6.57. The van der Waals surface area contributed by atoms with Crippen LogP contribution in [0.5, 0.6) is 0 Å². The molecule has 1 amide bonds. The van der Waals surface area contributed by atoms with Crippen LogP contribution in [-0.4, -0.2) is 15.7 Å². The molecule has 6 heteroatoms. The Hall–Kier alpha value is -2.47. The number of aryl methyl sites for hydroxylation is 2. The maximum Gasteiger partial charge on any atom is 0.257 e. The SMILES string of the molecule is Cc1cc(NC(=O)c2cc(F)ccc2C)n(-c2cccc(Br)c2)n1. The number of hydrogen-bond acceptors (Lipinski definition) is 2. The first-order valence-corrected chi connectivity index (χ1v) is 8.13. The summed E-state index contributed by atoms with van der Waals surface area (Å²) in [6, 6.07) is 13.5. The van der Waals surface area contributed by atoms with Gasteiger partial charge in [-0.3, -0.25) is 4.79 Å². The van der Waals surface area contributed by atoms with Crippen LogP contribution in [0, 0.1) is 19.7 Å². The summed E-state index contributed by atoms with van der Waals surface area (Å²) in [7, 11) is 0. The van der Waals surface area contributed by atoms with E-state index < -0.39 is 5.82 Å². The first kappa shape index (κ1) is 16.4. The van der Waals surface area contributed by atoms with Crippen LogP contribution < -0.4 is 5.32 Å². The van der Waals surface area contributed by atoms with Gasteiger partial charge in [-0.1, -0.05) is 28.1 Å². The van der Waals surface area contributed by atoms with Gasteiger partial charge in [0.1, 0.15) is 11.6 Å². The summed E-state index contributed by atoms with van der Waals surface area (Å²) in [5.41, 5.74) is 2.58. The number of carbonyl (C=O) groups is 1. The molecule has 0 aliphatic heterocycles. The second-order valence-electron chi connectivity index (χ2n) is 5.48. The number of anilines is 1. The van der Waals surface area contributed by atoms with Crippen molar-refractivity contribution >= 4 is 27.7 Å². The van der Waals surface area contributed by atoms with Crippen molar-refractivity contribution < 1.29 is 9.18 Å². The van der Waals surface area contributed by atoms with Crippen LogP contribution in [-0.2, 0) is 0 Å². The molecule has 0 bridgehead atoms. The fourth-order valence-electron chi connectivity index (χ4n) is 2.42. The van der Waals surface area contributed by atoms with Gasteiger partial charge >= 0.3 is 0 Å². The Bertz CT molecular complexity index is 920. The van der Waals surface area contributed by atoms with E-state index in [1.807, 2.05) is 31.2 Å². The first-order valence-electron chi connectivity index (χ1n) is 7.34. The zero-order chi connectivity index (χ0) is 17.3. The zero-order valence-electron chi connectivity index (χ0n) is 13.2. The third kappa shape index (κ3) is 3.38. The lowest BCUT2D eigenvalue weighted by atomic mass is 10.1. The van der Waals surface area contributed by atoms with Crippen molar-refractivity contribution in [3.8, 4) is 5.69 Å². The molecule has 2 aromatic carbocycles. The van der Waals surface area contributed by atoms with Crippen LogP contribution in [0.3, 0.4) is 0 Å². The van der Waals surface area contributed by atoms with Crippen LogP contribution in [0.15, 0.2) is 53.0 Å². The fraction of sp³-hybridized carbons (Fsp3) is 0.111. The van der Waals surface area contributed by atoms with Crippen molar-refractivity contribution in [2.75, 3.05) is 5.32 Å². The number of nitrogens with zero attached hydrogens (tertiary/aromatic N) is 2. The van der Waals surface area contributed by atoms with Crippen molar-refractivity contribution in [2.24, 2.45) is 0 Å². The van der Waals surface area contributed by atoms with Gasteiger partial charge in [-0.05, 0) is 49.7 Å². The average Bonchev–Trinajstić information content (AvgIpc) is 2.90. The van der Waals surface area contributed by atoms with Crippen LogP contribution in [0.4, 0.5) is 10.2 Å². The number of carbonyl (C=O) groups excluding carboxylic acids is 1. The van der Waals surface area contributed by atoms with Gasteiger partial charge in [0.25, 0.3) is 5.91 Å². The van der Waals surface area contributed by atoms with Gasteiger partial charge in [0.05, 0.1) is 11.4 Å². The highest BCUT2D eigenvalue weighted by Gasteiger charge is 2.15. The normalized spacial score (nSPS) is 10.7. The van der Waals surface area contributed by atoms with Crippen molar-refractivity contribution in [2.45, 2.75) is 13.8 Å². The highest BCUT2D eigenvalue weighted by Crippen LogP contribution is 2.21. The minimum absolute atomic E-state index is 0.301. The lowest BCUT2D eigenvalue weighted by molar-refractivity contribution is 0.102. The molecule has 4 nitrogen and oxygen atoms in total. The van der Waals surface area contributed by atoms with Gasteiger partial charge < -0.3 is 5.32 Å². The molecule has 24 heavy (non-hydrogen) atoms. The van der Waals surface area contributed by atoms with E-state index in [2.05, 4.69) is 26.3 Å². The molecule has 0 saturated heterocycles. The van der Waals surface area contributed by atoms with Gasteiger partial charge in [0, 0.05) is 16.1 Å². The Morgan fingerprint density at radius 1 is 1.17 bits per heavy atom. The predicted molar refractivity (Wildman–Crippen MR) is 95.1 cm³/mol. The van der Waals surface area contributed by atoms with Crippen LogP contribution >= 0.6 is 15.9 Å². The molecule has 0 aliphatic rings. The Morgan fingerprint density at radius 3 is 2.71 bits per heavy atom. The summed E-state index contributed by atoms with van der Waals surface area (Å²) in [6.07, 6.45) is 0. The van der Waals surface area contributed by atoms with Gasteiger partial charge in [0.15, 0.2) is 0 Å². The monoisotopic (exact) mass is 387 g/mol. The molecule has 3 rings (SSSR count). The van der Waals surface area contributed by atoms with E-state index in [1.165, 1.54) is 12.1 Å². The maximum absolute atomic E-state index is 13.4. The van der Waals surface area contributed by atoms with Crippen molar-refractivity contribution in [3.63, 3.8) is 0 Å². The number of halogens is 2. The molecule has 0 radical (unpaired) electrons. The smallest absolute Gasteiger partial charge is 0.257 e. The summed E-state index contributed by atoms with van der Waals surface area (Å²) >= 11 is 3.43. The molecule has 0 atom stereocenters. The van der Waals surface area contributed by atoms with E-state index >= 15 is 0 Å². The topological polar surface area (TPSA) is 46.9 Å². The predicted octanol–water partition coefficient (Wildman–Crippen LogP) is 4.64.